The highest BCUT2D eigenvalue weighted by Gasteiger charge is 2.13. The van der Waals surface area contributed by atoms with Crippen molar-refractivity contribution in [1.29, 1.82) is 5.26 Å². The maximum atomic E-state index is 12.2. The number of hydrogen-bond acceptors (Lipinski definition) is 2. The van der Waals surface area contributed by atoms with Crippen LogP contribution >= 0.6 is 23.2 Å². The van der Waals surface area contributed by atoms with E-state index in [0.29, 0.717) is 26.9 Å². The van der Waals surface area contributed by atoms with Gasteiger partial charge >= 0.3 is 0 Å². The van der Waals surface area contributed by atoms with Crippen molar-refractivity contribution in [3.05, 3.63) is 63.1 Å². The molecule has 0 aliphatic heterocycles. The van der Waals surface area contributed by atoms with Crippen LogP contribution in [-0.4, -0.2) is 5.91 Å². The molecule has 0 aromatic heterocycles. The van der Waals surface area contributed by atoms with Gasteiger partial charge in [0.25, 0.3) is 5.91 Å². The van der Waals surface area contributed by atoms with Crippen molar-refractivity contribution in [3.8, 4) is 6.07 Å². The summed E-state index contributed by atoms with van der Waals surface area (Å²) in [5, 5.41) is 12.5. The van der Waals surface area contributed by atoms with E-state index in [1.165, 1.54) is 6.07 Å². The molecule has 0 unspecified atom stereocenters. The zero-order valence-electron chi connectivity index (χ0n) is 10.6. The molecule has 0 spiro atoms. The maximum Gasteiger partial charge on any atom is 0.257 e. The largest absolute Gasteiger partial charge is 0.321 e. The van der Waals surface area contributed by atoms with Gasteiger partial charge in [0, 0.05) is 5.02 Å². The first-order chi connectivity index (χ1) is 9.51. The molecule has 2 aromatic rings. The summed E-state index contributed by atoms with van der Waals surface area (Å²) in [7, 11) is 0. The van der Waals surface area contributed by atoms with Gasteiger partial charge in [-0.2, -0.15) is 5.26 Å². The Morgan fingerprint density at radius 2 is 1.95 bits per heavy atom. The third-order valence-electron chi connectivity index (χ3n) is 2.72. The van der Waals surface area contributed by atoms with Gasteiger partial charge in [-0.3, -0.25) is 4.79 Å². The predicted molar refractivity (Wildman–Crippen MR) is 80.3 cm³/mol. The Balaban J connectivity index is 2.33. The highest BCUT2D eigenvalue weighted by atomic mass is 35.5. The second kappa shape index (κ2) is 5.96. The first-order valence-electron chi connectivity index (χ1n) is 5.78. The van der Waals surface area contributed by atoms with E-state index in [1.54, 1.807) is 30.3 Å². The summed E-state index contributed by atoms with van der Waals surface area (Å²) in [6, 6.07) is 11.8. The molecule has 2 aromatic carbocycles. The first kappa shape index (κ1) is 14.4. The van der Waals surface area contributed by atoms with Gasteiger partial charge in [0.1, 0.15) is 6.07 Å². The summed E-state index contributed by atoms with van der Waals surface area (Å²) in [4.78, 5) is 12.2. The Hall–Kier alpha value is -2.02. The number of halogens is 2. The van der Waals surface area contributed by atoms with Gasteiger partial charge in [-0.15, -0.1) is 0 Å². The monoisotopic (exact) mass is 304 g/mol. The number of carbonyl (C=O) groups is 1. The zero-order valence-corrected chi connectivity index (χ0v) is 12.1. The third-order valence-corrected chi connectivity index (χ3v) is 3.27. The van der Waals surface area contributed by atoms with Gasteiger partial charge in [0.15, 0.2) is 0 Å². The van der Waals surface area contributed by atoms with Gasteiger partial charge in [-0.05, 0) is 42.8 Å². The van der Waals surface area contributed by atoms with Crippen LogP contribution in [0.5, 0.6) is 0 Å². The Morgan fingerprint density at radius 3 is 2.60 bits per heavy atom. The van der Waals surface area contributed by atoms with Crippen molar-refractivity contribution in [2.24, 2.45) is 0 Å². The molecule has 0 bridgehead atoms. The van der Waals surface area contributed by atoms with Crippen molar-refractivity contribution >= 4 is 34.8 Å². The summed E-state index contributed by atoms with van der Waals surface area (Å²) in [5.41, 5.74) is 2.01. The minimum Gasteiger partial charge on any atom is -0.321 e. The molecule has 2 rings (SSSR count). The highest BCUT2D eigenvalue weighted by Crippen LogP contribution is 2.23. The minimum atomic E-state index is -0.381. The molecular weight excluding hydrogens is 295 g/mol. The van der Waals surface area contributed by atoms with Crippen LogP contribution < -0.4 is 5.32 Å². The van der Waals surface area contributed by atoms with Crippen molar-refractivity contribution < 1.29 is 4.79 Å². The molecule has 0 heterocycles. The fourth-order valence-corrected chi connectivity index (χ4v) is 2.20. The van der Waals surface area contributed by atoms with Crippen LogP contribution in [-0.2, 0) is 0 Å². The zero-order chi connectivity index (χ0) is 14.7. The summed E-state index contributed by atoms with van der Waals surface area (Å²) in [6.45, 7) is 1.89. The van der Waals surface area contributed by atoms with Crippen LogP contribution in [0.1, 0.15) is 21.5 Å². The average Bonchev–Trinajstić information content (AvgIpc) is 2.38. The fraction of sp³-hybridized carbons (Fsp3) is 0.0667. The van der Waals surface area contributed by atoms with Gasteiger partial charge in [0.2, 0.25) is 0 Å². The van der Waals surface area contributed by atoms with E-state index in [2.05, 4.69) is 5.32 Å². The minimum absolute atomic E-state index is 0.339. The lowest BCUT2D eigenvalue weighted by molar-refractivity contribution is 0.102. The number of anilines is 1. The molecule has 0 radical (unpaired) electrons. The van der Waals surface area contributed by atoms with Crippen LogP contribution in [0, 0.1) is 18.3 Å². The molecule has 20 heavy (non-hydrogen) atoms. The molecule has 0 fully saturated rings. The number of hydrogen-bond donors (Lipinski definition) is 1. The summed E-state index contributed by atoms with van der Waals surface area (Å²) < 4.78 is 0. The molecule has 3 nitrogen and oxygen atoms in total. The van der Waals surface area contributed by atoms with Gasteiger partial charge in [-0.25, -0.2) is 0 Å². The summed E-state index contributed by atoms with van der Waals surface area (Å²) in [5.74, 6) is -0.381. The Kier molecular flexibility index (Phi) is 4.29. The highest BCUT2D eigenvalue weighted by molar-refractivity contribution is 6.34. The van der Waals surface area contributed by atoms with E-state index in [-0.39, 0.29) is 5.91 Å². The molecule has 0 atom stereocenters. The smallest absolute Gasteiger partial charge is 0.257 e. The Labute approximate surface area is 126 Å². The second-order valence-electron chi connectivity index (χ2n) is 4.24. The maximum absolute atomic E-state index is 12.2. The lowest BCUT2D eigenvalue weighted by atomic mass is 10.1. The summed E-state index contributed by atoms with van der Waals surface area (Å²) in [6.07, 6.45) is 0. The van der Waals surface area contributed by atoms with Crippen LogP contribution in [0.15, 0.2) is 36.4 Å². The number of amides is 1. The van der Waals surface area contributed by atoms with Gasteiger partial charge < -0.3 is 5.32 Å². The molecule has 0 aliphatic carbocycles. The lowest BCUT2D eigenvalue weighted by Crippen LogP contribution is -2.13. The number of carbonyl (C=O) groups excluding carboxylic acids is 1. The van der Waals surface area contributed by atoms with Crippen LogP contribution in [0.25, 0.3) is 0 Å². The van der Waals surface area contributed by atoms with E-state index in [4.69, 9.17) is 28.5 Å². The Morgan fingerprint density at radius 1 is 1.20 bits per heavy atom. The van der Waals surface area contributed by atoms with Crippen molar-refractivity contribution in [2.45, 2.75) is 6.92 Å². The van der Waals surface area contributed by atoms with E-state index in [9.17, 15) is 4.79 Å². The van der Waals surface area contributed by atoms with E-state index >= 15 is 0 Å². The second-order valence-corrected chi connectivity index (χ2v) is 5.08. The third kappa shape index (κ3) is 3.11. The molecule has 100 valence electrons. The number of nitrogens with zero attached hydrogens (tertiary/aromatic N) is 1. The molecule has 5 heteroatoms. The molecule has 1 amide bonds. The van der Waals surface area contributed by atoms with Crippen LogP contribution in [0.4, 0.5) is 5.69 Å². The molecular formula is C15H10Cl2N2O. The molecule has 1 N–H and O–H groups in total. The van der Waals surface area contributed by atoms with Crippen molar-refractivity contribution in [1.82, 2.24) is 0 Å². The number of nitriles is 1. The number of benzene rings is 2. The van der Waals surface area contributed by atoms with E-state index in [1.807, 2.05) is 13.0 Å². The lowest BCUT2D eigenvalue weighted by Gasteiger charge is -2.09. The van der Waals surface area contributed by atoms with E-state index < -0.39 is 0 Å². The van der Waals surface area contributed by atoms with Crippen molar-refractivity contribution in [3.63, 3.8) is 0 Å². The molecule has 0 aliphatic rings. The average molecular weight is 305 g/mol. The van der Waals surface area contributed by atoms with Gasteiger partial charge in [-0.1, -0.05) is 29.3 Å². The normalized spacial score (nSPS) is 9.90. The van der Waals surface area contributed by atoms with Crippen LogP contribution in [0.2, 0.25) is 10.0 Å². The molecule has 0 saturated heterocycles. The molecule has 0 saturated carbocycles. The quantitative estimate of drug-likeness (QED) is 0.892. The Bertz CT molecular complexity index is 720. The summed E-state index contributed by atoms with van der Waals surface area (Å²) >= 11 is 11.9. The van der Waals surface area contributed by atoms with E-state index in [0.717, 1.165) is 5.56 Å². The van der Waals surface area contributed by atoms with Crippen LogP contribution in [0.3, 0.4) is 0 Å². The number of nitrogens with one attached hydrogen (secondary N) is 1. The standard InChI is InChI=1S/C15H10Cl2N2O/c1-9-2-5-12(13(17)6-9)15(20)19-14-7-11(16)4-3-10(14)8-18/h2-7H,1H3,(H,19,20). The number of rotatable bonds is 2. The fourth-order valence-electron chi connectivity index (χ4n) is 1.71. The predicted octanol–water partition coefficient (Wildman–Crippen LogP) is 4.43. The van der Waals surface area contributed by atoms with Crippen molar-refractivity contribution in [2.75, 3.05) is 5.32 Å². The SMILES string of the molecule is Cc1ccc(C(=O)Nc2cc(Cl)ccc2C#N)c(Cl)c1. The van der Waals surface area contributed by atoms with Gasteiger partial charge in [0.05, 0.1) is 21.8 Å². The topological polar surface area (TPSA) is 52.9 Å². The first-order valence-corrected chi connectivity index (χ1v) is 6.54. The number of aryl methyl sites for hydroxylation is 1.